The number of hydrogen-bond acceptors (Lipinski definition) is 5. The van der Waals surface area contributed by atoms with E-state index in [0.29, 0.717) is 12.4 Å². The Morgan fingerprint density at radius 1 is 1.14 bits per heavy atom. The van der Waals surface area contributed by atoms with E-state index in [0.717, 1.165) is 16.6 Å². The van der Waals surface area contributed by atoms with Gasteiger partial charge in [-0.25, -0.2) is 13.4 Å². The number of benzene rings is 1. The molecule has 0 radical (unpaired) electrons. The molecule has 2 rings (SSSR count). The second kappa shape index (κ2) is 7.06. The molecule has 0 bridgehead atoms. The summed E-state index contributed by atoms with van der Waals surface area (Å²) in [6.45, 7) is 2.58. The Hall–Kier alpha value is -1.37. The van der Waals surface area contributed by atoms with Gasteiger partial charge in [0.1, 0.15) is 17.9 Å². The lowest BCUT2D eigenvalue weighted by atomic mass is 10.2. The summed E-state index contributed by atoms with van der Waals surface area (Å²) in [5, 5.41) is 1.01. The number of para-hydroxylation sites is 1. The van der Waals surface area contributed by atoms with Gasteiger partial charge in [0, 0.05) is 21.8 Å². The number of hydrogen-bond donors (Lipinski definition) is 0. The molecule has 0 fully saturated rings. The molecule has 1 heterocycles. The highest BCUT2D eigenvalue weighted by Crippen LogP contribution is 2.23. The van der Waals surface area contributed by atoms with Gasteiger partial charge >= 0.3 is 0 Å². The second-order valence-electron chi connectivity index (χ2n) is 4.48. The average molecular weight is 330 g/mol. The highest BCUT2D eigenvalue weighted by Gasteiger charge is 2.05. The van der Waals surface area contributed by atoms with E-state index in [1.54, 1.807) is 0 Å². The fourth-order valence-electron chi connectivity index (χ4n) is 1.80. The fraction of sp³-hybridized carbons (Fsp3) is 0.357. The molecule has 0 saturated heterocycles. The molecule has 1 aromatic carbocycles. The van der Waals surface area contributed by atoms with Crippen molar-refractivity contribution in [3.63, 3.8) is 0 Å². The van der Waals surface area contributed by atoms with Gasteiger partial charge in [-0.05, 0) is 19.1 Å². The highest BCUT2D eigenvalue weighted by atomic mass is 35.7. The molecule has 0 N–H and O–H groups in total. The SMILES string of the molecule is Cc1ccc2cccc(OCCOCCS(=O)(=O)Cl)c2n1. The van der Waals surface area contributed by atoms with E-state index < -0.39 is 9.05 Å². The lowest BCUT2D eigenvalue weighted by Crippen LogP contribution is -2.12. The van der Waals surface area contributed by atoms with Gasteiger partial charge in [-0.1, -0.05) is 18.2 Å². The molecular formula is C14H16ClNO4S. The Balaban J connectivity index is 1.88. The van der Waals surface area contributed by atoms with E-state index in [-0.39, 0.29) is 19.0 Å². The van der Waals surface area contributed by atoms with E-state index in [1.807, 2.05) is 37.3 Å². The summed E-state index contributed by atoms with van der Waals surface area (Å²) in [4.78, 5) is 4.46. The van der Waals surface area contributed by atoms with Crippen molar-refractivity contribution in [3.05, 3.63) is 36.0 Å². The summed E-state index contributed by atoms with van der Waals surface area (Å²) in [6, 6.07) is 9.65. The standard InChI is InChI=1S/C14H16ClNO4S/c1-11-5-6-12-3-2-4-13(14(12)16-11)20-8-7-19-9-10-21(15,17)18/h2-6H,7-10H2,1H3. The van der Waals surface area contributed by atoms with Crippen LogP contribution in [0.3, 0.4) is 0 Å². The Morgan fingerprint density at radius 2 is 1.95 bits per heavy atom. The highest BCUT2D eigenvalue weighted by molar-refractivity contribution is 8.13. The van der Waals surface area contributed by atoms with Crippen molar-refractivity contribution in [2.75, 3.05) is 25.6 Å². The van der Waals surface area contributed by atoms with Crippen LogP contribution < -0.4 is 4.74 Å². The van der Waals surface area contributed by atoms with E-state index in [1.165, 1.54) is 0 Å². The topological polar surface area (TPSA) is 65.5 Å². The van der Waals surface area contributed by atoms with Crippen molar-refractivity contribution in [1.29, 1.82) is 0 Å². The Labute approximate surface area is 128 Å². The molecule has 0 unspecified atom stereocenters. The van der Waals surface area contributed by atoms with E-state index in [4.69, 9.17) is 20.2 Å². The van der Waals surface area contributed by atoms with Crippen LogP contribution in [0.5, 0.6) is 5.75 Å². The molecule has 5 nitrogen and oxygen atoms in total. The minimum Gasteiger partial charge on any atom is -0.489 e. The van der Waals surface area contributed by atoms with Crippen LogP contribution in [-0.2, 0) is 13.8 Å². The maximum atomic E-state index is 10.7. The van der Waals surface area contributed by atoms with Gasteiger partial charge in [-0.15, -0.1) is 0 Å². The van der Waals surface area contributed by atoms with Gasteiger partial charge in [0.2, 0.25) is 9.05 Å². The molecule has 7 heteroatoms. The molecule has 114 valence electrons. The van der Waals surface area contributed by atoms with Crippen LogP contribution in [0.2, 0.25) is 0 Å². The van der Waals surface area contributed by atoms with E-state index >= 15 is 0 Å². The number of aromatic nitrogens is 1. The van der Waals surface area contributed by atoms with Gasteiger partial charge in [0.25, 0.3) is 0 Å². The third kappa shape index (κ3) is 5.15. The third-order valence-corrected chi connectivity index (χ3v) is 3.90. The van der Waals surface area contributed by atoms with Crippen molar-refractivity contribution in [1.82, 2.24) is 4.98 Å². The second-order valence-corrected chi connectivity index (χ2v) is 7.38. The summed E-state index contributed by atoms with van der Waals surface area (Å²) < 4.78 is 32.2. The fourth-order valence-corrected chi connectivity index (χ4v) is 2.31. The lowest BCUT2D eigenvalue weighted by Gasteiger charge is -2.09. The number of fused-ring (bicyclic) bond motifs is 1. The maximum Gasteiger partial charge on any atom is 0.234 e. The number of pyridine rings is 1. The Kier molecular flexibility index (Phi) is 5.39. The molecule has 2 aromatic rings. The molecule has 1 aromatic heterocycles. The first kappa shape index (κ1) is 16.0. The van der Waals surface area contributed by atoms with Gasteiger partial charge in [-0.3, -0.25) is 0 Å². The summed E-state index contributed by atoms with van der Waals surface area (Å²) >= 11 is 0. The molecular weight excluding hydrogens is 314 g/mol. The molecule has 21 heavy (non-hydrogen) atoms. The predicted octanol–water partition coefficient (Wildman–Crippen LogP) is 2.51. The van der Waals surface area contributed by atoms with Crippen LogP contribution in [0, 0.1) is 6.92 Å². The van der Waals surface area contributed by atoms with Crippen molar-refractivity contribution in [2.24, 2.45) is 0 Å². The number of halogens is 1. The first-order valence-corrected chi connectivity index (χ1v) is 8.93. The summed E-state index contributed by atoms with van der Waals surface area (Å²) in [5.74, 6) is 0.480. The van der Waals surface area contributed by atoms with Crippen LogP contribution in [0.1, 0.15) is 5.69 Å². The number of aryl methyl sites for hydroxylation is 1. The first-order valence-electron chi connectivity index (χ1n) is 6.45. The van der Waals surface area contributed by atoms with Crippen LogP contribution >= 0.6 is 10.7 Å². The maximum absolute atomic E-state index is 10.7. The third-order valence-electron chi connectivity index (χ3n) is 2.78. The smallest absolute Gasteiger partial charge is 0.234 e. The quantitative estimate of drug-likeness (QED) is 0.577. The zero-order chi connectivity index (χ0) is 15.3. The summed E-state index contributed by atoms with van der Waals surface area (Å²) in [7, 11) is 1.57. The summed E-state index contributed by atoms with van der Waals surface area (Å²) in [5.41, 5.74) is 1.72. The Morgan fingerprint density at radius 3 is 2.71 bits per heavy atom. The number of rotatable bonds is 7. The number of nitrogens with zero attached hydrogens (tertiary/aromatic N) is 1. The van der Waals surface area contributed by atoms with Gasteiger partial charge in [-0.2, -0.15) is 0 Å². The van der Waals surface area contributed by atoms with E-state index in [2.05, 4.69) is 4.98 Å². The van der Waals surface area contributed by atoms with Crippen molar-refractivity contribution in [3.8, 4) is 5.75 Å². The Bertz CT molecular complexity index is 718. The van der Waals surface area contributed by atoms with Crippen LogP contribution in [0.15, 0.2) is 30.3 Å². The van der Waals surface area contributed by atoms with Gasteiger partial charge in [0.15, 0.2) is 0 Å². The molecule has 0 aliphatic heterocycles. The molecule has 0 aliphatic rings. The van der Waals surface area contributed by atoms with Crippen molar-refractivity contribution in [2.45, 2.75) is 6.92 Å². The normalized spacial score (nSPS) is 11.7. The van der Waals surface area contributed by atoms with Crippen LogP contribution in [-0.4, -0.2) is 39.0 Å². The monoisotopic (exact) mass is 329 g/mol. The van der Waals surface area contributed by atoms with Crippen LogP contribution in [0.25, 0.3) is 10.9 Å². The average Bonchev–Trinajstić information content (AvgIpc) is 2.41. The molecule has 0 spiro atoms. The van der Waals surface area contributed by atoms with Crippen molar-refractivity contribution < 1.29 is 17.9 Å². The van der Waals surface area contributed by atoms with Crippen LogP contribution in [0.4, 0.5) is 0 Å². The lowest BCUT2D eigenvalue weighted by molar-refractivity contribution is 0.112. The molecule has 0 atom stereocenters. The molecule has 0 amide bonds. The largest absolute Gasteiger partial charge is 0.489 e. The molecule has 0 aliphatic carbocycles. The minimum atomic E-state index is -3.50. The minimum absolute atomic E-state index is 0.0576. The first-order chi connectivity index (χ1) is 9.96. The predicted molar refractivity (Wildman–Crippen MR) is 82.4 cm³/mol. The van der Waals surface area contributed by atoms with Gasteiger partial charge < -0.3 is 9.47 Å². The van der Waals surface area contributed by atoms with E-state index in [9.17, 15) is 8.42 Å². The number of ether oxygens (including phenoxy) is 2. The zero-order valence-electron chi connectivity index (χ0n) is 11.6. The van der Waals surface area contributed by atoms with Crippen molar-refractivity contribution >= 4 is 30.6 Å². The summed E-state index contributed by atoms with van der Waals surface area (Å²) in [6.07, 6.45) is 0. The van der Waals surface area contributed by atoms with Gasteiger partial charge in [0.05, 0.1) is 19.0 Å². The zero-order valence-corrected chi connectivity index (χ0v) is 13.2. The molecule has 0 saturated carbocycles.